The van der Waals surface area contributed by atoms with E-state index in [0.717, 1.165) is 36.6 Å². The largest absolute Gasteiger partial charge is 0.353 e. The average molecular weight is 285 g/mol. The van der Waals surface area contributed by atoms with Crippen LogP contribution in [0.1, 0.15) is 31.4 Å². The fourth-order valence-corrected chi connectivity index (χ4v) is 2.88. The molecule has 0 aromatic carbocycles. The molecular formula is C14H19N7. The van der Waals surface area contributed by atoms with Crippen molar-refractivity contribution in [2.24, 2.45) is 5.84 Å². The standard InChI is InChI=1S/C14H19N7/c1-4-9(2)20-6-5-11-13(19(3)16)18-12-10(7-15)8-17-21(12)14(11)20/h8-9H,4-6,16H2,1-3H3. The molecule has 0 saturated carbocycles. The Bertz CT molecular complexity index is 725. The molecule has 1 aliphatic rings. The van der Waals surface area contributed by atoms with Gasteiger partial charge in [0.25, 0.3) is 0 Å². The van der Waals surface area contributed by atoms with Crippen molar-refractivity contribution < 1.29 is 0 Å². The molecule has 0 saturated heterocycles. The topological polar surface area (TPSA) is 86.5 Å². The van der Waals surface area contributed by atoms with Gasteiger partial charge in [-0.15, -0.1) is 0 Å². The summed E-state index contributed by atoms with van der Waals surface area (Å²) in [6, 6.07) is 2.55. The Kier molecular flexibility index (Phi) is 3.18. The highest BCUT2D eigenvalue weighted by atomic mass is 15.4. The number of fused-ring (bicyclic) bond motifs is 3. The summed E-state index contributed by atoms with van der Waals surface area (Å²) in [5, 5.41) is 15.1. The van der Waals surface area contributed by atoms with Crippen LogP contribution in [0.3, 0.4) is 0 Å². The molecule has 0 aliphatic carbocycles. The number of hydrogen-bond donors (Lipinski definition) is 1. The van der Waals surface area contributed by atoms with Crippen LogP contribution in [0.5, 0.6) is 0 Å². The average Bonchev–Trinajstić information content (AvgIpc) is 3.08. The van der Waals surface area contributed by atoms with Gasteiger partial charge in [0.1, 0.15) is 17.5 Å². The molecule has 1 unspecified atom stereocenters. The lowest BCUT2D eigenvalue weighted by Gasteiger charge is -2.27. The van der Waals surface area contributed by atoms with Gasteiger partial charge in [0.15, 0.2) is 11.5 Å². The molecule has 21 heavy (non-hydrogen) atoms. The third-order valence-corrected chi connectivity index (χ3v) is 4.15. The van der Waals surface area contributed by atoms with Gasteiger partial charge >= 0.3 is 0 Å². The number of anilines is 2. The highest BCUT2D eigenvalue weighted by molar-refractivity contribution is 5.71. The van der Waals surface area contributed by atoms with Crippen molar-refractivity contribution in [2.75, 3.05) is 23.5 Å². The molecular weight excluding hydrogens is 266 g/mol. The van der Waals surface area contributed by atoms with Crippen molar-refractivity contribution in [1.82, 2.24) is 14.6 Å². The summed E-state index contributed by atoms with van der Waals surface area (Å²) in [6.07, 6.45) is 3.50. The number of hydrogen-bond acceptors (Lipinski definition) is 6. The van der Waals surface area contributed by atoms with Crippen molar-refractivity contribution in [1.29, 1.82) is 5.26 Å². The molecule has 0 radical (unpaired) electrons. The number of rotatable bonds is 3. The van der Waals surface area contributed by atoms with Gasteiger partial charge < -0.3 is 4.90 Å². The molecule has 7 nitrogen and oxygen atoms in total. The van der Waals surface area contributed by atoms with E-state index >= 15 is 0 Å². The van der Waals surface area contributed by atoms with Gasteiger partial charge in [-0.1, -0.05) is 6.92 Å². The summed E-state index contributed by atoms with van der Waals surface area (Å²) in [5.41, 5.74) is 2.14. The van der Waals surface area contributed by atoms with Gasteiger partial charge in [-0.3, -0.25) is 5.01 Å². The second kappa shape index (κ2) is 4.90. The summed E-state index contributed by atoms with van der Waals surface area (Å²) in [6.45, 7) is 5.29. The second-order valence-corrected chi connectivity index (χ2v) is 5.45. The predicted molar refractivity (Wildman–Crippen MR) is 81.1 cm³/mol. The van der Waals surface area contributed by atoms with E-state index in [1.807, 2.05) is 0 Å². The van der Waals surface area contributed by atoms with Crippen LogP contribution in [0.4, 0.5) is 11.6 Å². The third kappa shape index (κ3) is 1.91. The number of nitrogens with zero attached hydrogens (tertiary/aromatic N) is 6. The molecule has 2 N–H and O–H groups in total. The Morgan fingerprint density at radius 2 is 2.33 bits per heavy atom. The van der Waals surface area contributed by atoms with Gasteiger partial charge in [0.2, 0.25) is 0 Å². The molecule has 0 spiro atoms. The zero-order chi connectivity index (χ0) is 15.1. The number of hydrazine groups is 1. The Balaban J connectivity index is 2.31. The maximum Gasteiger partial charge on any atom is 0.177 e. The van der Waals surface area contributed by atoms with Crippen molar-refractivity contribution in [3.63, 3.8) is 0 Å². The summed E-state index contributed by atoms with van der Waals surface area (Å²) in [7, 11) is 1.77. The Morgan fingerprint density at radius 3 is 2.95 bits per heavy atom. The van der Waals surface area contributed by atoms with Crippen molar-refractivity contribution in [2.45, 2.75) is 32.7 Å². The SMILES string of the molecule is CCC(C)N1CCc2c(N(C)N)nc3c(C#N)cnn3c21. The van der Waals surface area contributed by atoms with E-state index in [9.17, 15) is 5.26 Å². The maximum absolute atomic E-state index is 9.22. The van der Waals surface area contributed by atoms with Crippen molar-refractivity contribution in [3.05, 3.63) is 17.3 Å². The molecule has 0 bridgehead atoms. The van der Waals surface area contributed by atoms with E-state index in [4.69, 9.17) is 5.84 Å². The minimum absolute atomic E-state index is 0.405. The Morgan fingerprint density at radius 1 is 1.57 bits per heavy atom. The number of nitrogens with two attached hydrogens (primary N) is 1. The Labute approximate surface area is 123 Å². The fraction of sp³-hybridized carbons (Fsp3) is 0.500. The van der Waals surface area contributed by atoms with Crippen molar-refractivity contribution >= 4 is 17.3 Å². The molecule has 3 rings (SSSR count). The molecule has 7 heteroatoms. The van der Waals surface area contributed by atoms with Crippen LogP contribution < -0.4 is 15.8 Å². The molecule has 1 aliphatic heterocycles. The molecule has 110 valence electrons. The van der Waals surface area contributed by atoms with Crippen LogP contribution in [0.15, 0.2) is 6.20 Å². The monoisotopic (exact) mass is 285 g/mol. The molecule has 0 amide bonds. The zero-order valence-electron chi connectivity index (χ0n) is 12.5. The van der Waals surface area contributed by atoms with E-state index in [0.29, 0.717) is 17.3 Å². The summed E-state index contributed by atoms with van der Waals surface area (Å²) < 4.78 is 1.78. The van der Waals surface area contributed by atoms with Crippen LogP contribution in [0, 0.1) is 11.3 Å². The second-order valence-electron chi connectivity index (χ2n) is 5.45. The highest BCUT2D eigenvalue weighted by Gasteiger charge is 2.30. The fourth-order valence-electron chi connectivity index (χ4n) is 2.88. The van der Waals surface area contributed by atoms with Crippen LogP contribution >= 0.6 is 0 Å². The van der Waals surface area contributed by atoms with Crippen LogP contribution in [-0.2, 0) is 6.42 Å². The van der Waals surface area contributed by atoms with E-state index < -0.39 is 0 Å². The lowest BCUT2D eigenvalue weighted by Crippen LogP contribution is -2.32. The lowest BCUT2D eigenvalue weighted by atomic mass is 10.2. The van der Waals surface area contributed by atoms with Gasteiger partial charge in [0.05, 0.1) is 6.20 Å². The lowest BCUT2D eigenvalue weighted by molar-refractivity contribution is 0.623. The summed E-state index contributed by atoms with van der Waals surface area (Å²) >= 11 is 0. The van der Waals surface area contributed by atoms with Gasteiger partial charge in [-0.25, -0.2) is 10.8 Å². The van der Waals surface area contributed by atoms with Gasteiger partial charge in [-0.05, 0) is 19.8 Å². The summed E-state index contributed by atoms with van der Waals surface area (Å²) in [5.74, 6) is 7.67. The van der Waals surface area contributed by atoms with Crippen LogP contribution in [0.2, 0.25) is 0 Å². The first-order chi connectivity index (χ1) is 10.1. The quantitative estimate of drug-likeness (QED) is 0.670. The van der Waals surface area contributed by atoms with E-state index in [1.165, 1.54) is 5.01 Å². The first-order valence-corrected chi connectivity index (χ1v) is 7.14. The third-order valence-electron chi connectivity index (χ3n) is 4.15. The molecule has 1 atom stereocenters. The summed E-state index contributed by atoms with van der Waals surface area (Å²) in [4.78, 5) is 6.87. The van der Waals surface area contributed by atoms with Crippen LogP contribution in [0.25, 0.3) is 5.65 Å². The minimum Gasteiger partial charge on any atom is -0.353 e. The maximum atomic E-state index is 9.22. The van der Waals surface area contributed by atoms with E-state index in [1.54, 1.807) is 17.8 Å². The number of nitriles is 1. The number of aromatic nitrogens is 3. The first-order valence-electron chi connectivity index (χ1n) is 7.14. The minimum atomic E-state index is 0.405. The molecule has 2 aromatic heterocycles. The highest BCUT2D eigenvalue weighted by Crippen LogP contribution is 2.36. The normalized spacial score (nSPS) is 15.1. The van der Waals surface area contributed by atoms with Crippen LogP contribution in [-0.4, -0.2) is 34.2 Å². The first kappa shape index (κ1) is 13.6. The van der Waals surface area contributed by atoms with Gasteiger partial charge in [0, 0.05) is 25.2 Å². The van der Waals surface area contributed by atoms with E-state index in [2.05, 4.69) is 34.9 Å². The molecule has 3 heterocycles. The smallest absolute Gasteiger partial charge is 0.177 e. The molecule has 2 aromatic rings. The predicted octanol–water partition coefficient (Wildman–Crippen LogP) is 1.07. The van der Waals surface area contributed by atoms with Gasteiger partial charge in [-0.2, -0.15) is 14.9 Å². The Hall–Kier alpha value is -2.33. The van der Waals surface area contributed by atoms with E-state index in [-0.39, 0.29) is 0 Å². The molecule has 0 fully saturated rings. The zero-order valence-corrected chi connectivity index (χ0v) is 12.5. The van der Waals surface area contributed by atoms with Crippen molar-refractivity contribution in [3.8, 4) is 6.07 Å².